The van der Waals surface area contributed by atoms with Crippen LogP contribution in [0.25, 0.3) is 33.5 Å². The molecule has 1 fully saturated rings. The SMILES string of the molecule is CCn1c(-c2nc3cc(C(=O)N4CCC[C@@H](OC(N)=O)C4)cc(OC(F)(F)F)c3n2C)cc2ccccc21. The van der Waals surface area contributed by atoms with Gasteiger partial charge in [0.1, 0.15) is 11.6 Å². The summed E-state index contributed by atoms with van der Waals surface area (Å²) in [6.07, 6.45) is -5.44. The number of nitrogens with zero attached hydrogens (tertiary/aromatic N) is 4. The van der Waals surface area contributed by atoms with Crippen LogP contribution in [0.4, 0.5) is 18.0 Å². The predicted molar refractivity (Wildman–Crippen MR) is 134 cm³/mol. The van der Waals surface area contributed by atoms with Crippen LogP contribution in [-0.2, 0) is 18.3 Å². The summed E-state index contributed by atoms with van der Waals surface area (Å²) in [5.41, 5.74) is 7.07. The van der Waals surface area contributed by atoms with Gasteiger partial charge in [-0.2, -0.15) is 0 Å². The van der Waals surface area contributed by atoms with Crippen molar-refractivity contribution in [1.82, 2.24) is 19.0 Å². The van der Waals surface area contributed by atoms with E-state index in [2.05, 4.69) is 9.72 Å². The Morgan fingerprint density at radius 2 is 1.95 bits per heavy atom. The third-order valence-corrected chi connectivity index (χ3v) is 6.71. The number of likely N-dealkylation sites (tertiary alicyclic amines) is 1. The molecule has 0 aliphatic carbocycles. The van der Waals surface area contributed by atoms with Gasteiger partial charge in [-0.15, -0.1) is 13.2 Å². The zero-order valence-corrected chi connectivity index (χ0v) is 20.8. The smallest absolute Gasteiger partial charge is 0.445 e. The Labute approximate surface area is 215 Å². The van der Waals surface area contributed by atoms with E-state index >= 15 is 0 Å². The lowest BCUT2D eigenvalue weighted by molar-refractivity contribution is -0.274. The second kappa shape index (κ2) is 9.58. The number of rotatable bonds is 5. The number of hydrogen-bond acceptors (Lipinski definition) is 5. The molecule has 2 amide bonds. The van der Waals surface area contributed by atoms with Gasteiger partial charge in [0.25, 0.3) is 5.91 Å². The number of amides is 2. The van der Waals surface area contributed by atoms with Crippen LogP contribution < -0.4 is 10.5 Å². The average Bonchev–Trinajstić information content (AvgIpc) is 3.39. The monoisotopic (exact) mass is 529 g/mol. The fraction of sp³-hybridized carbons (Fsp3) is 0.346. The maximum absolute atomic E-state index is 13.4. The quantitative estimate of drug-likeness (QED) is 0.400. The molecule has 1 atom stereocenters. The third-order valence-electron chi connectivity index (χ3n) is 6.71. The third kappa shape index (κ3) is 4.73. The number of halogens is 3. The second-order valence-electron chi connectivity index (χ2n) is 9.17. The summed E-state index contributed by atoms with van der Waals surface area (Å²) >= 11 is 0. The largest absolute Gasteiger partial charge is 0.573 e. The number of nitrogens with two attached hydrogens (primary N) is 1. The minimum absolute atomic E-state index is 0.0165. The molecule has 0 unspecified atom stereocenters. The predicted octanol–water partition coefficient (Wildman–Crippen LogP) is 4.81. The van der Waals surface area contributed by atoms with E-state index < -0.39 is 30.2 Å². The molecule has 4 aromatic rings. The van der Waals surface area contributed by atoms with Crippen molar-refractivity contribution in [2.45, 2.75) is 38.8 Å². The van der Waals surface area contributed by atoms with Crippen LogP contribution in [0.15, 0.2) is 42.5 Å². The Balaban J connectivity index is 1.61. The second-order valence-corrected chi connectivity index (χ2v) is 9.17. The summed E-state index contributed by atoms with van der Waals surface area (Å²) in [5.74, 6) is -0.616. The van der Waals surface area contributed by atoms with Crippen LogP contribution in [0.5, 0.6) is 5.75 Å². The van der Waals surface area contributed by atoms with Crippen molar-refractivity contribution in [3.63, 3.8) is 0 Å². The zero-order chi connectivity index (χ0) is 27.2. The molecule has 0 saturated carbocycles. The van der Waals surface area contributed by atoms with Crippen molar-refractivity contribution in [2.75, 3.05) is 13.1 Å². The molecule has 3 heterocycles. The van der Waals surface area contributed by atoms with Gasteiger partial charge >= 0.3 is 12.5 Å². The van der Waals surface area contributed by atoms with Gasteiger partial charge < -0.3 is 29.2 Å². The standard InChI is InChI=1S/C26H26F3N5O4/c1-3-34-19-9-5-4-7-15(19)12-20(34)23-31-18-11-16(13-21(22(18)32(23)2)38-26(27,28)29)24(35)33-10-6-8-17(14-33)37-25(30)36/h4-5,7,9,11-13,17H,3,6,8,10,14H2,1-2H3,(H2,30,36)/t17-/m1/s1. The average molecular weight is 530 g/mol. The summed E-state index contributed by atoms with van der Waals surface area (Å²) in [6, 6.07) is 12.2. The molecule has 2 aromatic carbocycles. The van der Waals surface area contributed by atoms with E-state index in [4.69, 9.17) is 10.5 Å². The van der Waals surface area contributed by atoms with Crippen LogP contribution in [-0.4, -0.2) is 56.6 Å². The number of hydrogen-bond donors (Lipinski definition) is 1. The molecule has 0 spiro atoms. The molecule has 0 radical (unpaired) electrons. The van der Waals surface area contributed by atoms with Gasteiger partial charge in [-0.3, -0.25) is 4.79 Å². The number of aromatic nitrogens is 3. The molecule has 2 N–H and O–H groups in total. The van der Waals surface area contributed by atoms with E-state index in [-0.39, 0.29) is 23.1 Å². The minimum Gasteiger partial charge on any atom is -0.445 e. The van der Waals surface area contributed by atoms with E-state index in [0.717, 1.165) is 22.7 Å². The van der Waals surface area contributed by atoms with Gasteiger partial charge in [0, 0.05) is 36.6 Å². The Kier molecular flexibility index (Phi) is 6.41. The van der Waals surface area contributed by atoms with Crippen LogP contribution in [0.1, 0.15) is 30.1 Å². The van der Waals surface area contributed by atoms with E-state index in [9.17, 15) is 22.8 Å². The Morgan fingerprint density at radius 3 is 2.66 bits per heavy atom. The molecule has 1 aliphatic rings. The molecule has 12 heteroatoms. The summed E-state index contributed by atoms with van der Waals surface area (Å²) in [5, 5.41) is 0.969. The van der Waals surface area contributed by atoms with Crippen molar-refractivity contribution >= 4 is 33.9 Å². The molecular weight excluding hydrogens is 503 g/mol. The van der Waals surface area contributed by atoms with Crippen molar-refractivity contribution in [1.29, 1.82) is 0 Å². The molecule has 2 aromatic heterocycles. The first-order valence-corrected chi connectivity index (χ1v) is 12.2. The number of alkyl halides is 3. The molecule has 9 nitrogen and oxygen atoms in total. The zero-order valence-electron chi connectivity index (χ0n) is 20.8. The molecule has 0 bridgehead atoms. The maximum Gasteiger partial charge on any atom is 0.573 e. The lowest BCUT2D eigenvalue weighted by Gasteiger charge is -2.32. The molecule has 200 valence electrons. The number of fused-ring (bicyclic) bond motifs is 2. The van der Waals surface area contributed by atoms with E-state index in [1.54, 1.807) is 11.6 Å². The first-order chi connectivity index (χ1) is 18.1. The van der Waals surface area contributed by atoms with Crippen molar-refractivity contribution in [3.8, 4) is 17.3 Å². The van der Waals surface area contributed by atoms with Gasteiger partial charge in [0.05, 0.1) is 17.8 Å². The Bertz CT molecular complexity index is 1540. The molecule has 1 saturated heterocycles. The summed E-state index contributed by atoms with van der Waals surface area (Å²) < 4.78 is 53.3. The van der Waals surface area contributed by atoms with Gasteiger partial charge in [0.2, 0.25) is 0 Å². The highest BCUT2D eigenvalue weighted by molar-refractivity contribution is 6.00. The van der Waals surface area contributed by atoms with Crippen molar-refractivity contribution in [3.05, 3.63) is 48.0 Å². The highest BCUT2D eigenvalue weighted by Crippen LogP contribution is 2.36. The number of carbonyl (C=O) groups is 2. The minimum atomic E-state index is -4.98. The molecular formula is C26H26F3N5O4. The number of ether oxygens (including phenoxy) is 2. The number of benzene rings is 2. The number of primary amides is 1. The number of para-hydroxylation sites is 1. The number of carbonyl (C=O) groups excluding carboxylic acids is 2. The van der Waals surface area contributed by atoms with Crippen molar-refractivity contribution < 1.29 is 32.2 Å². The van der Waals surface area contributed by atoms with E-state index in [1.165, 1.54) is 11.0 Å². The van der Waals surface area contributed by atoms with Crippen LogP contribution >= 0.6 is 0 Å². The number of piperidine rings is 1. The highest BCUT2D eigenvalue weighted by atomic mass is 19.4. The van der Waals surface area contributed by atoms with Gasteiger partial charge in [-0.05, 0) is 44.0 Å². The van der Waals surface area contributed by atoms with Gasteiger partial charge in [-0.1, -0.05) is 18.2 Å². The Morgan fingerprint density at radius 1 is 1.18 bits per heavy atom. The first kappa shape index (κ1) is 25.4. The fourth-order valence-electron chi connectivity index (χ4n) is 5.17. The molecule has 1 aliphatic heterocycles. The van der Waals surface area contributed by atoms with Crippen LogP contribution in [0.3, 0.4) is 0 Å². The first-order valence-electron chi connectivity index (χ1n) is 12.2. The van der Waals surface area contributed by atoms with Gasteiger partial charge in [0.15, 0.2) is 11.6 Å². The lowest BCUT2D eigenvalue weighted by Crippen LogP contribution is -2.44. The molecule has 38 heavy (non-hydrogen) atoms. The summed E-state index contributed by atoms with van der Waals surface area (Å²) in [4.78, 5) is 30.6. The fourth-order valence-corrected chi connectivity index (χ4v) is 5.17. The normalized spacial score (nSPS) is 16.2. The number of imidazole rings is 1. The van der Waals surface area contributed by atoms with E-state index in [0.29, 0.717) is 31.8 Å². The topological polar surface area (TPSA) is 105 Å². The summed E-state index contributed by atoms with van der Waals surface area (Å²) in [6.45, 7) is 3.03. The molecule has 5 rings (SSSR count). The maximum atomic E-state index is 13.4. The van der Waals surface area contributed by atoms with Gasteiger partial charge in [-0.25, -0.2) is 9.78 Å². The Hall–Kier alpha value is -4.22. The van der Waals surface area contributed by atoms with E-state index in [1.807, 2.05) is 41.8 Å². The van der Waals surface area contributed by atoms with Crippen LogP contribution in [0, 0.1) is 0 Å². The summed E-state index contributed by atoms with van der Waals surface area (Å²) in [7, 11) is 1.61. The number of aryl methyl sites for hydroxylation is 2. The van der Waals surface area contributed by atoms with Crippen LogP contribution in [0.2, 0.25) is 0 Å². The lowest BCUT2D eigenvalue weighted by atomic mass is 10.1. The van der Waals surface area contributed by atoms with Crippen molar-refractivity contribution in [2.24, 2.45) is 12.8 Å². The highest BCUT2D eigenvalue weighted by Gasteiger charge is 2.34.